The van der Waals surface area contributed by atoms with Crippen molar-refractivity contribution < 1.29 is 13.2 Å². The highest BCUT2D eigenvalue weighted by atomic mass is 32.2. The lowest BCUT2D eigenvalue weighted by molar-refractivity contribution is 0.414. The standard InChI is InChI=1S/C17H19N3O3S/c1-20-12-18-16-11-15(7-8-17(16)20)24(21,22)19-10-9-13-3-5-14(23-2)6-4-13/h3-8,11-12,19H,9-10H2,1-2H3. The molecule has 3 aromatic rings. The number of ether oxygens (including phenoxy) is 1. The van der Waals surface area contributed by atoms with Gasteiger partial charge in [0.25, 0.3) is 0 Å². The highest BCUT2D eigenvalue weighted by Gasteiger charge is 2.15. The third-order valence-corrected chi connectivity index (χ3v) is 5.33. The number of hydrogen-bond acceptors (Lipinski definition) is 4. The molecule has 0 radical (unpaired) electrons. The number of benzene rings is 2. The van der Waals surface area contributed by atoms with Gasteiger partial charge in [-0.3, -0.25) is 0 Å². The van der Waals surface area contributed by atoms with Crippen molar-refractivity contribution in [2.24, 2.45) is 7.05 Å². The molecular weight excluding hydrogens is 326 g/mol. The minimum absolute atomic E-state index is 0.225. The predicted molar refractivity (Wildman–Crippen MR) is 92.6 cm³/mol. The fourth-order valence-electron chi connectivity index (χ4n) is 2.49. The topological polar surface area (TPSA) is 73.2 Å². The van der Waals surface area contributed by atoms with Crippen LogP contribution >= 0.6 is 0 Å². The molecule has 2 aromatic carbocycles. The maximum Gasteiger partial charge on any atom is 0.240 e. The summed E-state index contributed by atoms with van der Waals surface area (Å²) in [5, 5.41) is 0. The van der Waals surface area contributed by atoms with Crippen LogP contribution in [0.15, 0.2) is 53.7 Å². The van der Waals surface area contributed by atoms with E-state index in [0.29, 0.717) is 18.5 Å². The van der Waals surface area contributed by atoms with Gasteiger partial charge in [0.2, 0.25) is 10.0 Å². The Morgan fingerprint density at radius 2 is 1.92 bits per heavy atom. The first kappa shape index (κ1) is 16.5. The summed E-state index contributed by atoms with van der Waals surface area (Å²) >= 11 is 0. The average Bonchev–Trinajstić information content (AvgIpc) is 2.96. The normalized spacial score (nSPS) is 11.8. The van der Waals surface area contributed by atoms with Crippen LogP contribution in [0.5, 0.6) is 5.75 Å². The molecular formula is C17H19N3O3S. The van der Waals surface area contributed by atoms with E-state index in [1.807, 2.05) is 35.9 Å². The van der Waals surface area contributed by atoms with Crippen molar-refractivity contribution in [2.75, 3.05) is 13.7 Å². The second-order valence-electron chi connectivity index (χ2n) is 5.50. The van der Waals surface area contributed by atoms with Crippen LogP contribution in [-0.2, 0) is 23.5 Å². The number of nitrogens with one attached hydrogen (secondary N) is 1. The fraction of sp³-hybridized carbons (Fsp3) is 0.235. The van der Waals surface area contributed by atoms with Gasteiger partial charge in [-0.1, -0.05) is 12.1 Å². The lowest BCUT2D eigenvalue weighted by atomic mass is 10.1. The van der Waals surface area contributed by atoms with Gasteiger partial charge in [-0.15, -0.1) is 0 Å². The Balaban J connectivity index is 1.68. The summed E-state index contributed by atoms with van der Waals surface area (Å²) in [5.41, 5.74) is 2.60. The molecule has 1 N–H and O–H groups in total. The highest BCUT2D eigenvalue weighted by molar-refractivity contribution is 7.89. The Morgan fingerprint density at radius 1 is 1.17 bits per heavy atom. The Bertz CT molecular complexity index is 947. The van der Waals surface area contributed by atoms with Gasteiger partial charge < -0.3 is 9.30 Å². The fourth-order valence-corrected chi connectivity index (χ4v) is 3.54. The lowest BCUT2D eigenvalue weighted by Gasteiger charge is -2.08. The second-order valence-corrected chi connectivity index (χ2v) is 7.27. The average molecular weight is 345 g/mol. The van der Waals surface area contributed by atoms with Crippen molar-refractivity contribution in [3.05, 3.63) is 54.4 Å². The summed E-state index contributed by atoms with van der Waals surface area (Å²) < 4.78 is 34.4. The molecule has 0 saturated heterocycles. The van der Waals surface area contributed by atoms with Crippen molar-refractivity contribution in [2.45, 2.75) is 11.3 Å². The van der Waals surface area contributed by atoms with E-state index in [-0.39, 0.29) is 4.90 Å². The minimum atomic E-state index is -3.55. The molecule has 7 heteroatoms. The minimum Gasteiger partial charge on any atom is -0.497 e. The maximum atomic E-state index is 12.4. The van der Waals surface area contributed by atoms with E-state index >= 15 is 0 Å². The molecule has 0 amide bonds. The van der Waals surface area contributed by atoms with Crippen molar-refractivity contribution in [3.63, 3.8) is 0 Å². The molecule has 0 saturated carbocycles. The van der Waals surface area contributed by atoms with Crippen LogP contribution in [0.2, 0.25) is 0 Å². The zero-order valence-corrected chi connectivity index (χ0v) is 14.4. The second kappa shape index (κ2) is 6.62. The molecule has 1 aromatic heterocycles. The van der Waals surface area contributed by atoms with Gasteiger partial charge >= 0.3 is 0 Å². The van der Waals surface area contributed by atoms with E-state index in [1.54, 1.807) is 31.6 Å². The van der Waals surface area contributed by atoms with E-state index in [2.05, 4.69) is 9.71 Å². The van der Waals surface area contributed by atoms with Gasteiger partial charge in [-0.2, -0.15) is 0 Å². The number of imidazole rings is 1. The van der Waals surface area contributed by atoms with Crippen molar-refractivity contribution in [3.8, 4) is 5.75 Å². The molecule has 0 unspecified atom stereocenters. The molecule has 0 bridgehead atoms. The summed E-state index contributed by atoms with van der Waals surface area (Å²) in [4.78, 5) is 4.42. The number of methoxy groups -OCH3 is 1. The third kappa shape index (κ3) is 3.42. The van der Waals surface area contributed by atoms with E-state index in [9.17, 15) is 8.42 Å². The summed E-state index contributed by atoms with van der Waals surface area (Å²) in [6, 6.07) is 12.5. The van der Waals surface area contributed by atoms with E-state index in [1.165, 1.54) is 0 Å². The van der Waals surface area contributed by atoms with E-state index in [0.717, 1.165) is 16.8 Å². The van der Waals surface area contributed by atoms with E-state index in [4.69, 9.17) is 4.74 Å². The number of sulfonamides is 1. The zero-order valence-electron chi connectivity index (χ0n) is 13.6. The third-order valence-electron chi connectivity index (χ3n) is 3.87. The summed E-state index contributed by atoms with van der Waals surface area (Å²) in [6.45, 7) is 0.328. The number of rotatable bonds is 6. The summed E-state index contributed by atoms with van der Waals surface area (Å²) in [5.74, 6) is 0.781. The van der Waals surface area contributed by atoms with Gasteiger partial charge in [-0.05, 0) is 42.3 Å². The number of hydrogen-bond donors (Lipinski definition) is 1. The molecule has 6 nitrogen and oxygen atoms in total. The van der Waals surface area contributed by atoms with Crippen molar-refractivity contribution >= 4 is 21.1 Å². The lowest BCUT2D eigenvalue weighted by Crippen LogP contribution is -2.26. The monoisotopic (exact) mass is 345 g/mol. The molecule has 0 aliphatic heterocycles. The SMILES string of the molecule is COc1ccc(CCNS(=O)(=O)c2ccc3c(c2)ncn3C)cc1. The van der Waals surface area contributed by atoms with Gasteiger partial charge in [0.15, 0.2) is 0 Å². The van der Waals surface area contributed by atoms with Crippen molar-refractivity contribution in [1.82, 2.24) is 14.3 Å². The van der Waals surface area contributed by atoms with Crippen LogP contribution in [0.4, 0.5) is 0 Å². The van der Waals surface area contributed by atoms with Crippen LogP contribution in [-0.4, -0.2) is 31.6 Å². The number of aryl methyl sites for hydroxylation is 1. The molecule has 126 valence electrons. The zero-order chi connectivity index (χ0) is 17.2. The van der Waals surface area contributed by atoms with Crippen LogP contribution in [0, 0.1) is 0 Å². The highest BCUT2D eigenvalue weighted by Crippen LogP contribution is 2.17. The Labute approximate surface area is 141 Å². The van der Waals surface area contributed by atoms with Gasteiger partial charge in [0.1, 0.15) is 5.75 Å². The largest absolute Gasteiger partial charge is 0.497 e. The Morgan fingerprint density at radius 3 is 2.62 bits per heavy atom. The number of nitrogens with zero attached hydrogens (tertiary/aromatic N) is 2. The molecule has 1 heterocycles. The van der Waals surface area contributed by atoms with Crippen LogP contribution in [0.25, 0.3) is 11.0 Å². The smallest absolute Gasteiger partial charge is 0.240 e. The number of fused-ring (bicyclic) bond motifs is 1. The van der Waals surface area contributed by atoms with Crippen molar-refractivity contribution in [1.29, 1.82) is 0 Å². The van der Waals surface area contributed by atoms with Crippen LogP contribution in [0.3, 0.4) is 0 Å². The van der Waals surface area contributed by atoms with Gasteiger partial charge in [0.05, 0.1) is 29.4 Å². The molecule has 0 aliphatic carbocycles. The Hall–Kier alpha value is -2.38. The predicted octanol–water partition coefficient (Wildman–Crippen LogP) is 2.10. The van der Waals surface area contributed by atoms with Gasteiger partial charge in [0, 0.05) is 13.6 Å². The maximum absolute atomic E-state index is 12.4. The first-order chi connectivity index (χ1) is 11.5. The molecule has 0 spiro atoms. The molecule has 0 fully saturated rings. The molecule has 3 rings (SSSR count). The summed E-state index contributed by atoms with van der Waals surface area (Å²) in [6.07, 6.45) is 2.27. The van der Waals surface area contributed by atoms with Gasteiger partial charge in [-0.25, -0.2) is 18.1 Å². The van der Waals surface area contributed by atoms with Crippen LogP contribution < -0.4 is 9.46 Å². The van der Waals surface area contributed by atoms with E-state index < -0.39 is 10.0 Å². The first-order valence-electron chi connectivity index (χ1n) is 7.53. The van der Waals surface area contributed by atoms with Crippen LogP contribution in [0.1, 0.15) is 5.56 Å². The first-order valence-corrected chi connectivity index (χ1v) is 9.01. The Kier molecular flexibility index (Phi) is 4.55. The molecule has 24 heavy (non-hydrogen) atoms. The number of aromatic nitrogens is 2. The molecule has 0 aliphatic rings. The summed E-state index contributed by atoms with van der Waals surface area (Å²) in [7, 11) is -0.0651. The molecule has 0 atom stereocenters. The quantitative estimate of drug-likeness (QED) is 0.742.